The number of methoxy groups -OCH3 is 4. The van der Waals surface area contributed by atoms with Crippen molar-refractivity contribution in [3.05, 3.63) is 77.2 Å². The molecule has 4 rings (SSSR count). The zero-order chi connectivity index (χ0) is 26.4. The number of carbonyl (C=O) groups is 2. The smallest absolute Gasteiger partial charge is 0.257 e. The fourth-order valence-corrected chi connectivity index (χ4v) is 4.15. The molecule has 37 heavy (non-hydrogen) atoms. The normalized spacial score (nSPS) is 10.4. The highest BCUT2D eigenvalue weighted by Crippen LogP contribution is 2.28. The van der Waals surface area contributed by atoms with E-state index in [9.17, 15) is 9.59 Å². The van der Waals surface area contributed by atoms with Crippen LogP contribution in [0.4, 0.5) is 10.8 Å². The maximum atomic E-state index is 12.7. The molecule has 0 aliphatic carbocycles. The minimum Gasteiger partial charge on any atom is -0.497 e. The number of thiazole rings is 1. The second-order valence-electron chi connectivity index (χ2n) is 7.73. The van der Waals surface area contributed by atoms with Gasteiger partial charge >= 0.3 is 0 Å². The standard InChI is InChI=1S/C27H25N3O6S/c1-33-20-9-17(10-21(13-20)34-2)25(31)28-19-7-5-16(6-8-19)24-15-37-27(29-24)30-26(32)18-11-22(35-3)14-23(12-18)36-4/h5-15H,1-4H3,(H,28,31)(H,29,30,32). The van der Waals surface area contributed by atoms with Crippen molar-refractivity contribution in [2.75, 3.05) is 39.1 Å². The van der Waals surface area contributed by atoms with Crippen LogP contribution in [0.1, 0.15) is 20.7 Å². The SMILES string of the molecule is COc1cc(OC)cc(C(=O)Nc2ccc(-c3csc(NC(=O)c4cc(OC)cc(OC)c4)n3)cc2)c1. The molecule has 2 amide bonds. The molecular formula is C27H25N3O6S. The maximum absolute atomic E-state index is 12.7. The van der Waals surface area contributed by atoms with Crippen molar-refractivity contribution >= 4 is 34.0 Å². The van der Waals surface area contributed by atoms with E-state index in [0.717, 1.165) is 5.56 Å². The summed E-state index contributed by atoms with van der Waals surface area (Å²) in [6, 6.07) is 17.2. The van der Waals surface area contributed by atoms with Crippen molar-refractivity contribution in [2.24, 2.45) is 0 Å². The minimum absolute atomic E-state index is 0.294. The molecule has 0 bridgehead atoms. The van der Waals surface area contributed by atoms with Gasteiger partial charge in [0.25, 0.3) is 11.8 Å². The molecule has 0 aliphatic rings. The highest BCUT2D eigenvalue weighted by Gasteiger charge is 2.14. The third-order valence-corrected chi connectivity index (χ3v) is 6.15. The number of aromatic nitrogens is 1. The number of amides is 2. The van der Waals surface area contributed by atoms with Gasteiger partial charge in [-0.05, 0) is 36.4 Å². The molecule has 0 aliphatic heterocycles. The molecule has 0 radical (unpaired) electrons. The number of nitrogens with one attached hydrogen (secondary N) is 2. The van der Waals surface area contributed by atoms with Crippen LogP contribution in [0, 0.1) is 0 Å². The first-order chi connectivity index (χ1) is 17.9. The fourth-order valence-electron chi connectivity index (χ4n) is 3.44. The molecule has 3 aromatic carbocycles. The monoisotopic (exact) mass is 519 g/mol. The lowest BCUT2D eigenvalue weighted by Crippen LogP contribution is -2.12. The van der Waals surface area contributed by atoms with Crippen LogP contribution in [-0.4, -0.2) is 45.2 Å². The molecule has 2 N–H and O–H groups in total. The Bertz CT molecular complexity index is 1370. The average Bonchev–Trinajstić information content (AvgIpc) is 3.40. The molecule has 10 heteroatoms. The van der Waals surface area contributed by atoms with Crippen LogP contribution in [0.25, 0.3) is 11.3 Å². The highest BCUT2D eigenvalue weighted by molar-refractivity contribution is 7.14. The number of nitrogens with zero attached hydrogens (tertiary/aromatic N) is 1. The zero-order valence-corrected chi connectivity index (χ0v) is 21.5. The second kappa shape index (κ2) is 11.4. The van der Waals surface area contributed by atoms with Crippen LogP contribution in [0.15, 0.2) is 66.0 Å². The number of carbonyl (C=O) groups excluding carboxylic acids is 2. The molecule has 0 saturated heterocycles. The molecule has 190 valence electrons. The van der Waals surface area contributed by atoms with E-state index in [1.165, 1.54) is 39.8 Å². The summed E-state index contributed by atoms with van der Waals surface area (Å²) in [4.78, 5) is 30.0. The van der Waals surface area contributed by atoms with Crippen LogP contribution in [0.2, 0.25) is 0 Å². The first kappa shape index (κ1) is 25.5. The molecule has 1 heterocycles. The number of benzene rings is 3. The van der Waals surface area contributed by atoms with Gasteiger partial charge in [-0.25, -0.2) is 4.98 Å². The number of rotatable bonds is 9. The zero-order valence-electron chi connectivity index (χ0n) is 20.7. The lowest BCUT2D eigenvalue weighted by atomic mass is 10.1. The van der Waals surface area contributed by atoms with E-state index in [0.29, 0.717) is 50.6 Å². The lowest BCUT2D eigenvalue weighted by molar-refractivity contribution is 0.101. The van der Waals surface area contributed by atoms with Crippen molar-refractivity contribution in [3.63, 3.8) is 0 Å². The van der Waals surface area contributed by atoms with Crippen molar-refractivity contribution in [2.45, 2.75) is 0 Å². The number of hydrogen-bond donors (Lipinski definition) is 2. The Morgan fingerprint density at radius 1 is 0.676 bits per heavy atom. The summed E-state index contributed by atoms with van der Waals surface area (Å²) in [5.74, 6) is 1.46. The maximum Gasteiger partial charge on any atom is 0.257 e. The van der Waals surface area contributed by atoms with Crippen molar-refractivity contribution < 1.29 is 28.5 Å². The average molecular weight is 520 g/mol. The van der Waals surface area contributed by atoms with Crippen LogP contribution in [-0.2, 0) is 0 Å². The summed E-state index contributed by atoms with van der Waals surface area (Å²) in [5, 5.41) is 7.96. The largest absolute Gasteiger partial charge is 0.497 e. The predicted molar refractivity (Wildman–Crippen MR) is 143 cm³/mol. The van der Waals surface area contributed by atoms with Gasteiger partial charge in [0.15, 0.2) is 5.13 Å². The summed E-state index contributed by atoms with van der Waals surface area (Å²) in [5.41, 5.74) is 2.95. The van der Waals surface area contributed by atoms with Gasteiger partial charge in [-0.15, -0.1) is 11.3 Å². The van der Waals surface area contributed by atoms with E-state index in [1.807, 2.05) is 17.5 Å². The molecule has 0 unspecified atom stereocenters. The molecule has 0 atom stereocenters. The molecular weight excluding hydrogens is 494 g/mol. The Hall–Kier alpha value is -4.57. The van der Waals surface area contributed by atoms with Crippen LogP contribution < -0.4 is 29.6 Å². The molecule has 1 aromatic heterocycles. The minimum atomic E-state index is -0.328. The molecule has 4 aromatic rings. The lowest BCUT2D eigenvalue weighted by Gasteiger charge is -2.09. The van der Waals surface area contributed by atoms with Gasteiger partial charge < -0.3 is 24.3 Å². The predicted octanol–water partition coefficient (Wildman–Crippen LogP) is 5.35. The van der Waals surface area contributed by atoms with Crippen molar-refractivity contribution in [1.82, 2.24) is 4.98 Å². The molecule has 0 saturated carbocycles. The first-order valence-corrected chi connectivity index (χ1v) is 11.9. The topological polar surface area (TPSA) is 108 Å². The summed E-state index contributed by atoms with van der Waals surface area (Å²) >= 11 is 1.31. The Morgan fingerprint density at radius 3 is 1.59 bits per heavy atom. The molecule has 9 nitrogen and oxygen atoms in total. The van der Waals surface area contributed by atoms with Crippen LogP contribution >= 0.6 is 11.3 Å². The third-order valence-electron chi connectivity index (χ3n) is 5.39. The Kier molecular flexibility index (Phi) is 7.89. The van der Waals surface area contributed by atoms with Gasteiger partial charge in [0, 0.05) is 39.9 Å². The van der Waals surface area contributed by atoms with E-state index >= 15 is 0 Å². The first-order valence-electron chi connectivity index (χ1n) is 11.1. The van der Waals surface area contributed by atoms with E-state index < -0.39 is 0 Å². The number of hydrogen-bond acceptors (Lipinski definition) is 8. The summed E-state index contributed by atoms with van der Waals surface area (Å²) < 4.78 is 20.9. The third kappa shape index (κ3) is 6.17. The second-order valence-corrected chi connectivity index (χ2v) is 8.58. The van der Waals surface area contributed by atoms with Crippen LogP contribution in [0.5, 0.6) is 23.0 Å². The van der Waals surface area contributed by atoms with E-state index in [-0.39, 0.29) is 11.8 Å². The van der Waals surface area contributed by atoms with Crippen LogP contribution in [0.3, 0.4) is 0 Å². The Morgan fingerprint density at radius 2 is 1.14 bits per heavy atom. The van der Waals surface area contributed by atoms with E-state index in [1.54, 1.807) is 48.5 Å². The summed E-state index contributed by atoms with van der Waals surface area (Å²) in [6.45, 7) is 0. The number of ether oxygens (including phenoxy) is 4. The quantitative estimate of drug-likeness (QED) is 0.307. The molecule has 0 fully saturated rings. The Balaban J connectivity index is 1.43. The summed E-state index contributed by atoms with van der Waals surface area (Å²) in [6.07, 6.45) is 0. The van der Waals surface area contributed by atoms with E-state index in [4.69, 9.17) is 18.9 Å². The van der Waals surface area contributed by atoms with Gasteiger partial charge in [0.05, 0.1) is 34.1 Å². The Labute approximate surface area is 218 Å². The van der Waals surface area contributed by atoms with Gasteiger partial charge in [-0.2, -0.15) is 0 Å². The van der Waals surface area contributed by atoms with Gasteiger partial charge in [0.1, 0.15) is 23.0 Å². The fraction of sp³-hybridized carbons (Fsp3) is 0.148. The highest BCUT2D eigenvalue weighted by atomic mass is 32.1. The molecule has 0 spiro atoms. The van der Waals surface area contributed by atoms with Gasteiger partial charge in [-0.1, -0.05) is 12.1 Å². The number of anilines is 2. The van der Waals surface area contributed by atoms with Crippen molar-refractivity contribution in [3.8, 4) is 34.3 Å². The van der Waals surface area contributed by atoms with Gasteiger partial charge in [0.2, 0.25) is 0 Å². The van der Waals surface area contributed by atoms with Crippen molar-refractivity contribution in [1.29, 1.82) is 0 Å². The van der Waals surface area contributed by atoms with E-state index in [2.05, 4.69) is 15.6 Å². The summed E-state index contributed by atoms with van der Waals surface area (Å²) in [7, 11) is 6.10. The van der Waals surface area contributed by atoms with Gasteiger partial charge in [-0.3, -0.25) is 14.9 Å².